The van der Waals surface area contributed by atoms with Gasteiger partial charge >= 0.3 is 0 Å². The number of hydrogen-bond acceptors (Lipinski definition) is 4. The summed E-state index contributed by atoms with van der Waals surface area (Å²) in [5.41, 5.74) is 3.46. The maximum atomic E-state index is 4.72. The van der Waals surface area contributed by atoms with Crippen LogP contribution in [0, 0.1) is 0 Å². The maximum absolute atomic E-state index is 4.72. The summed E-state index contributed by atoms with van der Waals surface area (Å²) in [6.07, 6.45) is 9.46. The van der Waals surface area contributed by atoms with E-state index in [0.29, 0.717) is 6.04 Å². The predicted octanol–water partition coefficient (Wildman–Crippen LogP) is 1.73. The Labute approximate surface area is 109 Å². The molecule has 1 aliphatic carbocycles. The van der Waals surface area contributed by atoms with E-state index in [-0.39, 0.29) is 0 Å². The fourth-order valence-corrected chi connectivity index (χ4v) is 1.93. The molecule has 1 fully saturated rings. The summed E-state index contributed by atoms with van der Waals surface area (Å²) in [5, 5.41) is 7.02. The van der Waals surface area contributed by atoms with Gasteiger partial charge in [0.25, 0.3) is 0 Å². The van der Waals surface area contributed by atoms with Crippen molar-refractivity contribution in [1.82, 2.24) is 10.7 Å². The van der Waals surface area contributed by atoms with Crippen LogP contribution in [0.3, 0.4) is 0 Å². The molecule has 0 saturated heterocycles. The quantitative estimate of drug-likeness (QED) is 0.443. The topological polar surface area (TPSA) is 61.1 Å². The maximum Gasteiger partial charge on any atom is 0.134 e. The number of hydrogen-bond donors (Lipinski definition) is 2. The van der Waals surface area contributed by atoms with E-state index < -0.39 is 0 Å². The highest BCUT2D eigenvalue weighted by atomic mass is 15.3. The van der Waals surface area contributed by atoms with Crippen LogP contribution in [-0.4, -0.2) is 38.5 Å². The summed E-state index contributed by atoms with van der Waals surface area (Å²) >= 11 is 0. The van der Waals surface area contributed by atoms with Gasteiger partial charge in [-0.05, 0) is 12.8 Å². The van der Waals surface area contributed by atoms with Crippen molar-refractivity contribution in [3.05, 3.63) is 12.2 Å². The van der Waals surface area contributed by atoms with Crippen LogP contribution >= 0.6 is 0 Å². The van der Waals surface area contributed by atoms with E-state index in [1.165, 1.54) is 19.3 Å². The third kappa shape index (κ3) is 5.12. The van der Waals surface area contributed by atoms with Crippen LogP contribution in [0.15, 0.2) is 27.2 Å². The van der Waals surface area contributed by atoms with Crippen LogP contribution in [0.25, 0.3) is 0 Å². The van der Waals surface area contributed by atoms with Gasteiger partial charge < -0.3 is 10.7 Å². The zero-order valence-corrected chi connectivity index (χ0v) is 11.3. The first-order chi connectivity index (χ1) is 8.77. The summed E-state index contributed by atoms with van der Waals surface area (Å²) in [5.74, 6) is 0.756. The second-order valence-electron chi connectivity index (χ2n) is 4.31. The molecule has 0 bridgehead atoms. The molecular formula is C13H23N5. The number of aliphatic imine (C=N–C) groups is 2. The van der Waals surface area contributed by atoms with Crippen LogP contribution in [-0.2, 0) is 0 Å². The molecule has 0 aromatic rings. The molecule has 1 rings (SSSR count). The van der Waals surface area contributed by atoms with Gasteiger partial charge in [0.1, 0.15) is 5.84 Å². The number of nitrogens with one attached hydrogen (secondary N) is 2. The van der Waals surface area contributed by atoms with Crippen LogP contribution < -0.4 is 10.7 Å². The number of rotatable bonds is 5. The van der Waals surface area contributed by atoms with E-state index in [1.807, 2.05) is 0 Å². The van der Waals surface area contributed by atoms with Crippen molar-refractivity contribution in [3.8, 4) is 0 Å². The molecule has 0 radical (unpaired) electrons. The number of nitrogens with zero attached hydrogens (tertiary/aromatic N) is 3. The van der Waals surface area contributed by atoms with Crippen molar-refractivity contribution in [2.45, 2.75) is 38.1 Å². The predicted molar refractivity (Wildman–Crippen MR) is 78.6 cm³/mol. The molecule has 0 spiro atoms. The van der Waals surface area contributed by atoms with E-state index in [9.17, 15) is 0 Å². The summed E-state index contributed by atoms with van der Waals surface area (Å²) in [6.45, 7) is 3.97. The van der Waals surface area contributed by atoms with E-state index >= 15 is 0 Å². The Kier molecular flexibility index (Phi) is 6.76. The van der Waals surface area contributed by atoms with Crippen molar-refractivity contribution in [2.75, 3.05) is 14.1 Å². The zero-order valence-electron chi connectivity index (χ0n) is 11.3. The molecule has 0 aliphatic heterocycles. The average molecular weight is 249 g/mol. The van der Waals surface area contributed by atoms with Crippen molar-refractivity contribution in [1.29, 1.82) is 0 Å². The summed E-state index contributed by atoms with van der Waals surface area (Å²) < 4.78 is 0. The Morgan fingerprint density at radius 1 is 1.28 bits per heavy atom. The Morgan fingerprint density at radius 3 is 2.61 bits per heavy atom. The Balaban J connectivity index is 2.71. The highest BCUT2D eigenvalue weighted by Crippen LogP contribution is 2.20. The number of hydrazone groups is 1. The minimum atomic E-state index is 0.395. The second kappa shape index (κ2) is 8.44. The molecule has 5 nitrogen and oxygen atoms in total. The van der Waals surface area contributed by atoms with E-state index in [4.69, 9.17) is 4.99 Å². The van der Waals surface area contributed by atoms with Gasteiger partial charge in [-0.2, -0.15) is 5.10 Å². The van der Waals surface area contributed by atoms with Gasteiger partial charge in [-0.15, -0.1) is 0 Å². The van der Waals surface area contributed by atoms with E-state index in [0.717, 1.165) is 24.3 Å². The Morgan fingerprint density at radius 2 is 2.00 bits per heavy atom. The Hall–Kier alpha value is -1.65. The van der Waals surface area contributed by atoms with E-state index in [1.54, 1.807) is 26.6 Å². The molecule has 2 N–H and O–H groups in total. The fourth-order valence-electron chi connectivity index (χ4n) is 1.93. The molecule has 18 heavy (non-hydrogen) atoms. The molecule has 1 saturated carbocycles. The minimum absolute atomic E-state index is 0.395. The monoisotopic (exact) mass is 249 g/mol. The van der Waals surface area contributed by atoms with Crippen molar-refractivity contribution < 1.29 is 0 Å². The first-order valence-electron chi connectivity index (χ1n) is 6.42. The molecule has 5 heteroatoms. The Bertz CT molecular complexity index is 337. The van der Waals surface area contributed by atoms with Gasteiger partial charge in [-0.3, -0.25) is 9.98 Å². The second-order valence-corrected chi connectivity index (χ2v) is 4.31. The molecule has 1 aliphatic rings. The SMILES string of the molecule is C=C(/C=N\NC)C(=NC1CCCCC1)NC=NC. The lowest BCUT2D eigenvalue weighted by Crippen LogP contribution is -2.27. The first-order valence-corrected chi connectivity index (χ1v) is 6.42. The highest BCUT2D eigenvalue weighted by Gasteiger charge is 2.13. The van der Waals surface area contributed by atoms with Crippen LogP contribution in [0.5, 0.6) is 0 Å². The molecule has 0 atom stereocenters. The first kappa shape index (κ1) is 14.4. The molecule has 0 aromatic carbocycles. The molecule has 0 amide bonds. The molecular weight excluding hydrogens is 226 g/mol. The van der Waals surface area contributed by atoms with Gasteiger partial charge in [0.05, 0.1) is 18.6 Å². The van der Waals surface area contributed by atoms with Gasteiger partial charge in [-0.25, -0.2) is 0 Å². The molecule has 0 heterocycles. The molecule has 100 valence electrons. The van der Waals surface area contributed by atoms with Crippen molar-refractivity contribution in [2.24, 2.45) is 15.1 Å². The normalized spacial score (nSPS) is 18.4. The smallest absolute Gasteiger partial charge is 0.134 e. The lowest BCUT2D eigenvalue weighted by molar-refractivity contribution is 0.443. The standard InChI is InChI=1S/C13H23N5/c1-11(9-17-15-3)13(16-10-14-2)18-12-7-5-4-6-8-12/h9-10,12,15H,1,4-8H2,2-3H3,(H,14,16,18)/b17-9-. The van der Waals surface area contributed by atoms with Gasteiger partial charge in [-0.1, -0.05) is 25.8 Å². The van der Waals surface area contributed by atoms with E-state index in [2.05, 4.69) is 27.4 Å². The average Bonchev–Trinajstić information content (AvgIpc) is 2.42. The summed E-state index contributed by atoms with van der Waals surface area (Å²) in [6, 6.07) is 0.395. The lowest BCUT2D eigenvalue weighted by atomic mass is 9.96. The minimum Gasteiger partial charge on any atom is -0.331 e. The third-order valence-corrected chi connectivity index (χ3v) is 2.87. The summed E-state index contributed by atoms with van der Waals surface area (Å²) in [4.78, 5) is 8.63. The summed E-state index contributed by atoms with van der Waals surface area (Å²) in [7, 11) is 3.47. The molecule has 0 unspecified atom stereocenters. The third-order valence-electron chi connectivity index (χ3n) is 2.87. The van der Waals surface area contributed by atoms with Gasteiger partial charge in [0.2, 0.25) is 0 Å². The van der Waals surface area contributed by atoms with Gasteiger partial charge in [0.15, 0.2) is 0 Å². The largest absolute Gasteiger partial charge is 0.331 e. The molecule has 0 aromatic heterocycles. The van der Waals surface area contributed by atoms with Gasteiger partial charge in [0, 0.05) is 19.7 Å². The van der Waals surface area contributed by atoms with Crippen LogP contribution in [0.1, 0.15) is 32.1 Å². The van der Waals surface area contributed by atoms with Crippen LogP contribution in [0.4, 0.5) is 0 Å². The fraction of sp³-hybridized carbons (Fsp3) is 0.615. The lowest BCUT2D eigenvalue weighted by Gasteiger charge is -2.19. The number of amidine groups is 1. The zero-order chi connectivity index (χ0) is 13.2. The van der Waals surface area contributed by atoms with Crippen LogP contribution in [0.2, 0.25) is 0 Å². The van der Waals surface area contributed by atoms with Crippen molar-refractivity contribution in [3.63, 3.8) is 0 Å². The van der Waals surface area contributed by atoms with Crippen molar-refractivity contribution >= 4 is 18.4 Å². The highest BCUT2D eigenvalue weighted by molar-refractivity contribution is 6.17.